The highest BCUT2D eigenvalue weighted by Gasteiger charge is 2.44. The van der Waals surface area contributed by atoms with Crippen molar-refractivity contribution in [2.45, 2.75) is 43.6 Å². The van der Waals surface area contributed by atoms with Gasteiger partial charge < -0.3 is 15.7 Å². The molecule has 0 saturated carbocycles. The summed E-state index contributed by atoms with van der Waals surface area (Å²) in [4.78, 5) is 33.7. The van der Waals surface area contributed by atoms with Crippen molar-refractivity contribution in [1.82, 2.24) is 15.3 Å². The van der Waals surface area contributed by atoms with Crippen LogP contribution in [0.3, 0.4) is 0 Å². The Labute approximate surface area is 176 Å². The molecule has 8 nitrogen and oxygen atoms in total. The number of aliphatic hydroxyl groups is 1. The average Bonchev–Trinajstić information content (AvgIpc) is 3.25. The number of β-amino-alcohol motifs (C(OH)–C–C–N with tert-alkyl or cyclic N) is 1. The Balaban J connectivity index is 1.54. The summed E-state index contributed by atoms with van der Waals surface area (Å²) in [6.07, 6.45) is 0.519. The molecule has 1 aromatic heterocycles. The zero-order valence-electron chi connectivity index (χ0n) is 16.6. The van der Waals surface area contributed by atoms with E-state index in [-0.39, 0.29) is 24.5 Å². The lowest BCUT2D eigenvalue weighted by Crippen LogP contribution is -2.51. The number of carbonyl (C=O) groups is 2. The van der Waals surface area contributed by atoms with Gasteiger partial charge in [-0.15, -0.1) is 0 Å². The highest BCUT2D eigenvalue weighted by atomic mass is 19.3. The van der Waals surface area contributed by atoms with Crippen LogP contribution in [0, 0.1) is 0 Å². The number of aromatic nitrogens is 2. The van der Waals surface area contributed by atoms with Crippen molar-refractivity contribution < 1.29 is 23.5 Å². The van der Waals surface area contributed by atoms with Gasteiger partial charge in [-0.3, -0.25) is 10.1 Å². The first-order valence-electron chi connectivity index (χ1n) is 10.2. The molecule has 3 amide bonds. The topological polar surface area (TPSA) is 121 Å². The molecule has 0 radical (unpaired) electrons. The Bertz CT molecular complexity index is 1100. The van der Waals surface area contributed by atoms with Crippen LogP contribution in [0.15, 0.2) is 18.2 Å². The molecule has 5 rings (SSSR count). The van der Waals surface area contributed by atoms with Crippen LogP contribution in [0.5, 0.6) is 0 Å². The molecule has 1 saturated heterocycles. The van der Waals surface area contributed by atoms with Gasteiger partial charge in [0.2, 0.25) is 11.9 Å². The molecule has 1 atom stereocenters. The molecule has 0 bridgehead atoms. The summed E-state index contributed by atoms with van der Waals surface area (Å²) in [6.45, 7) is 0.620. The molecular formula is C21H21F2N5O3. The number of imide groups is 1. The van der Waals surface area contributed by atoms with Crippen LogP contribution in [0.2, 0.25) is 0 Å². The van der Waals surface area contributed by atoms with Gasteiger partial charge in [-0.05, 0) is 36.5 Å². The molecule has 10 heteroatoms. The lowest BCUT2D eigenvalue weighted by atomic mass is 9.96. The fourth-order valence-electron chi connectivity index (χ4n) is 4.66. The minimum Gasteiger partial charge on any atom is -0.389 e. The Hall–Kier alpha value is -3.14. The van der Waals surface area contributed by atoms with Crippen molar-refractivity contribution in [2.24, 2.45) is 5.73 Å². The number of rotatable bonds is 3. The third-order valence-electron chi connectivity index (χ3n) is 6.23. The maximum absolute atomic E-state index is 14.5. The van der Waals surface area contributed by atoms with Crippen LogP contribution >= 0.6 is 0 Å². The van der Waals surface area contributed by atoms with Gasteiger partial charge in [-0.1, -0.05) is 12.1 Å². The average molecular weight is 429 g/mol. The molecule has 1 unspecified atom stereocenters. The number of nitrogens with two attached hydrogens (primary N) is 1. The van der Waals surface area contributed by atoms with Gasteiger partial charge in [0.15, 0.2) is 0 Å². The van der Waals surface area contributed by atoms with E-state index in [9.17, 15) is 23.5 Å². The molecule has 31 heavy (non-hydrogen) atoms. The van der Waals surface area contributed by atoms with E-state index in [1.54, 1.807) is 17.0 Å². The summed E-state index contributed by atoms with van der Waals surface area (Å²) in [7, 11) is 0. The number of primary amides is 1. The first-order chi connectivity index (χ1) is 14.7. The normalized spacial score (nSPS) is 21.4. The number of nitrogens with zero attached hydrogens (tertiary/aromatic N) is 3. The second kappa shape index (κ2) is 6.94. The Morgan fingerprint density at radius 3 is 2.71 bits per heavy atom. The highest BCUT2D eigenvalue weighted by Crippen LogP contribution is 2.45. The minimum atomic E-state index is -3.01. The zero-order valence-corrected chi connectivity index (χ0v) is 16.6. The summed E-state index contributed by atoms with van der Waals surface area (Å²) in [6, 6.07) is 4.54. The smallest absolute Gasteiger partial charge is 0.318 e. The first kappa shape index (κ1) is 19.8. The number of fused-ring (bicyclic) bond motifs is 2. The van der Waals surface area contributed by atoms with E-state index < -0.39 is 29.9 Å². The number of benzene rings is 1. The summed E-state index contributed by atoms with van der Waals surface area (Å²) >= 11 is 0. The number of alkyl halides is 2. The van der Waals surface area contributed by atoms with Crippen LogP contribution < -0.4 is 16.0 Å². The molecule has 1 aromatic carbocycles. The molecule has 0 spiro atoms. The zero-order chi connectivity index (χ0) is 21.9. The lowest BCUT2D eigenvalue weighted by Gasteiger charge is -2.36. The van der Waals surface area contributed by atoms with Crippen LogP contribution in [0.1, 0.15) is 41.1 Å². The van der Waals surface area contributed by atoms with Crippen LogP contribution in [0.25, 0.3) is 11.3 Å². The standard InChI is InChI=1S/C21H21F2N5O3/c22-21(23)6-5-15-16(25-20(26-17(15)21)28-8-12(29)9-28)11-2-3-13-10(7-11)1-4-14(13)18(30)27-19(24)31/h2-3,7,12,14,29H,1,4-6,8-9H2,(H3,24,27,30,31). The fourth-order valence-corrected chi connectivity index (χ4v) is 4.66. The Morgan fingerprint density at radius 2 is 2.00 bits per heavy atom. The number of aliphatic hydroxyl groups excluding tert-OH is 1. The third kappa shape index (κ3) is 3.31. The van der Waals surface area contributed by atoms with E-state index in [4.69, 9.17) is 5.73 Å². The second-order valence-electron chi connectivity index (χ2n) is 8.32. The number of carbonyl (C=O) groups excluding carboxylic acids is 2. The number of urea groups is 1. The number of halogens is 2. The maximum atomic E-state index is 14.5. The molecular weight excluding hydrogens is 408 g/mol. The molecule has 2 aromatic rings. The van der Waals surface area contributed by atoms with Crippen molar-refractivity contribution >= 4 is 17.9 Å². The van der Waals surface area contributed by atoms with Gasteiger partial charge in [0.05, 0.1) is 17.7 Å². The van der Waals surface area contributed by atoms with Crippen molar-refractivity contribution in [3.63, 3.8) is 0 Å². The molecule has 2 aliphatic carbocycles. The summed E-state index contributed by atoms with van der Waals surface area (Å²) in [5, 5.41) is 11.7. The Morgan fingerprint density at radius 1 is 1.23 bits per heavy atom. The van der Waals surface area contributed by atoms with Gasteiger partial charge in [0, 0.05) is 30.6 Å². The summed E-state index contributed by atoms with van der Waals surface area (Å²) < 4.78 is 29.0. The SMILES string of the molecule is NC(=O)NC(=O)C1CCc2cc(-c3nc(N4CC(O)C4)nc4c3CCC4(F)F)ccc21. The maximum Gasteiger partial charge on any atom is 0.318 e. The van der Waals surface area contributed by atoms with E-state index in [0.29, 0.717) is 42.8 Å². The van der Waals surface area contributed by atoms with Gasteiger partial charge in [-0.25, -0.2) is 14.8 Å². The summed E-state index contributed by atoms with van der Waals surface area (Å²) in [5.41, 5.74) is 8.12. The largest absolute Gasteiger partial charge is 0.389 e. The Kier molecular flexibility index (Phi) is 4.44. The van der Waals surface area contributed by atoms with Crippen LogP contribution in [-0.2, 0) is 23.6 Å². The summed E-state index contributed by atoms with van der Waals surface area (Å²) in [5.74, 6) is -3.74. The number of hydrogen-bond donors (Lipinski definition) is 3. The number of amides is 3. The first-order valence-corrected chi connectivity index (χ1v) is 10.2. The quantitative estimate of drug-likeness (QED) is 0.681. The third-order valence-corrected chi connectivity index (χ3v) is 6.23. The highest BCUT2D eigenvalue weighted by molar-refractivity contribution is 5.97. The van der Waals surface area contributed by atoms with Gasteiger partial charge in [0.25, 0.3) is 5.92 Å². The van der Waals surface area contributed by atoms with E-state index in [1.807, 2.05) is 6.07 Å². The fraction of sp³-hybridized carbons (Fsp3) is 0.429. The molecule has 3 aliphatic rings. The van der Waals surface area contributed by atoms with Gasteiger partial charge in [-0.2, -0.15) is 8.78 Å². The molecule has 1 fully saturated rings. The van der Waals surface area contributed by atoms with Crippen molar-refractivity contribution in [3.8, 4) is 11.3 Å². The van der Waals surface area contributed by atoms with Crippen molar-refractivity contribution in [1.29, 1.82) is 0 Å². The van der Waals surface area contributed by atoms with E-state index in [0.717, 1.165) is 11.1 Å². The van der Waals surface area contributed by atoms with Crippen LogP contribution in [-0.4, -0.2) is 46.2 Å². The molecule has 1 aliphatic heterocycles. The molecule has 162 valence electrons. The van der Waals surface area contributed by atoms with E-state index in [2.05, 4.69) is 15.3 Å². The predicted molar refractivity (Wildman–Crippen MR) is 107 cm³/mol. The molecule has 2 heterocycles. The number of anilines is 1. The minimum absolute atomic E-state index is 0.182. The van der Waals surface area contributed by atoms with Crippen molar-refractivity contribution in [3.05, 3.63) is 40.6 Å². The monoisotopic (exact) mass is 429 g/mol. The lowest BCUT2D eigenvalue weighted by molar-refractivity contribution is -0.121. The number of nitrogens with one attached hydrogen (secondary N) is 1. The van der Waals surface area contributed by atoms with E-state index in [1.165, 1.54) is 0 Å². The number of aryl methyl sites for hydroxylation is 1. The molecule has 4 N–H and O–H groups in total. The van der Waals surface area contributed by atoms with Crippen LogP contribution in [0.4, 0.5) is 19.5 Å². The van der Waals surface area contributed by atoms with Gasteiger partial charge >= 0.3 is 6.03 Å². The predicted octanol–water partition coefficient (Wildman–Crippen LogP) is 1.59. The number of hydrogen-bond acceptors (Lipinski definition) is 6. The van der Waals surface area contributed by atoms with E-state index >= 15 is 0 Å². The van der Waals surface area contributed by atoms with Crippen molar-refractivity contribution in [2.75, 3.05) is 18.0 Å². The van der Waals surface area contributed by atoms with Gasteiger partial charge in [0.1, 0.15) is 5.69 Å². The second-order valence-corrected chi connectivity index (χ2v) is 8.32.